The Morgan fingerprint density at radius 2 is 2.31 bits per heavy atom. The molecule has 0 unspecified atom stereocenters. The number of carbonyl (C=O) groups is 1. The zero-order chi connectivity index (χ0) is 11.7. The maximum Gasteiger partial charge on any atom is 0.273 e. The number of carbonyl (C=O) groups excluding carboxylic acids is 1. The number of aromatic nitrogens is 3. The average Bonchev–Trinajstić information content (AvgIpc) is 2.84. The van der Waals surface area contributed by atoms with Crippen LogP contribution in [0, 0.1) is 0 Å². The van der Waals surface area contributed by atoms with E-state index in [-0.39, 0.29) is 5.91 Å². The van der Waals surface area contributed by atoms with Gasteiger partial charge in [-0.3, -0.25) is 4.79 Å². The van der Waals surface area contributed by atoms with E-state index >= 15 is 0 Å². The molecule has 0 bridgehead atoms. The molecule has 0 N–H and O–H groups in total. The second-order valence-corrected chi connectivity index (χ2v) is 4.95. The molecule has 0 aromatic carbocycles. The monoisotopic (exact) mass is 300 g/mol. The first-order valence-corrected chi connectivity index (χ1v) is 6.14. The van der Waals surface area contributed by atoms with E-state index < -0.39 is 0 Å². The normalized spacial score (nSPS) is 10.4. The second-order valence-electron chi connectivity index (χ2n) is 3.30. The lowest BCUT2D eigenvalue weighted by atomic mass is 10.4. The average molecular weight is 301 g/mol. The molecule has 0 atom stereocenters. The lowest BCUT2D eigenvalue weighted by molar-refractivity contribution is 0.0821. The van der Waals surface area contributed by atoms with E-state index in [0.29, 0.717) is 5.69 Å². The maximum absolute atomic E-state index is 11.6. The molecule has 0 aliphatic carbocycles. The smallest absolute Gasteiger partial charge is 0.273 e. The van der Waals surface area contributed by atoms with Crippen molar-refractivity contribution in [1.82, 2.24) is 19.7 Å². The summed E-state index contributed by atoms with van der Waals surface area (Å²) < 4.78 is 2.36. The van der Waals surface area contributed by atoms with E-state index in [1.54, 1.807) is 31.0 Å². The van der Waals surface area contributed by atoms with Crippen LogP contribution in [0.5, 0.6) is 0 Å². The standard InChI is InChI=1S/C9H9BrN4OS/c1-13(2)8(15)6-3-4-14(12-6)9-11-7(10)5-16-9/h3-5H,1-2H3. The molecule has 2 rings (SSSR count). The van der Waals surface area contributed by atoms with Crippen LogP contribution in [0.4, 0.5) is 0 Å². The van der Waals surface area contributed by atoms with Crippen molar-refractivity contribution in [3.05, 3.63) is 27.9 Å². The molecule has 0 saturated carbocycles. The van der Waals surface area contributed by atoms with E-state index in [4.69, 9.17) is 0 Å². The molecule has 84 valence electrons. The van der Waals surface area contributed by atoms with Gasteiger partial charge in [-0.15, -0.1) is 11.3 Å². The largest absolute Gasteiger partial charge is 0.343 e. The zero-order valence-corrected chi connectivity index (χ0v) is 11.1. The summed E-state index contributed by atoms with van der Waals surface area (Å²) in [5.74, 6) is -0.116. The van der Waals surface area contributed by atoms with Gasteiger partial charge in [-0.1, -0.05) is 0 Å². The summed E-state index contributed by atoms with van der Waals surface area (Å²) in [6, 6.07) is 1.68. The van der Waals surface area contributed by atoms with Crippen molar-refractivity contribution in [2.75, 3.05) is 14.1 Å². The third-order valence-electron chi connectivity index (χ3n) is 1.87. The van der Waals surface area contributed by atoms with E-state index in [1.165, 1.54) is 16.2 Å². The fraction of sp³-hybridized carbons (Fsp3) is 0.222. The number of thiazole rings is 1. The molecule has 1 amide bonds. The first-order valence-electron chi connectivity index (χ1n) is 4.46. The topological polar surface area (TPSA) is 51.0 Å². The first kappa shape index (κ1) is 11.3. The highest BCUT2D eigenvalue weighted by Gasteiger charge is 2.12. The number of rotatable bonds is 2. The van der Waals surface area contributed by atoms with Crippen molar-refractivity contribution in [2.24, 2.45) is 0 Å². The van der Waals surface area contributed by atoms with Crippen LogP contribution in [0.3, 0.4) is 0 Å². The van der Waals surface area contributed by atoms with Gasteiger partial charge in [0.15, 0.2) is 5.69 Å². The molecule has 0 aliphatic heterocycles. The molecule has 5 nitrogen and oxygen atoms in total. The molecule has 0 aliphatic rings. The molecule has 0 fully saturated rings. The predicted molar refractivity (Wildman–Crippen MR) is 65.0 cm³/mol. The number of hydrogen-bond donors (Lipinski definition) is 0. The molecule has 0 radical (unpaired) electrons. The van der Waals surface area contributed by atoms with Crippen LogP contribution in [0.2, 0.25) is 0 Å². The molecule has 0 spiro atoms. The van der Waals surface area contributed by atoms with Gasteiger partial charge in [0.1, 0.15) is 4.60 Å². The minimum atomic E-state index is -0.116. The third kappa shape index (κ3) is 2.14. The van der Waals surface area contributed by atoms with Gasteiger partial charge in [0, 0.05) is 25.7 Å². The summed E-state index contributed by atoms with van der Waals surface area (Å²) in [5, 5.41) is 6.76. The second kappa shape index (κ2) is 4.34. The third-order valence-corrected chi connectivity index (χ3v) is 3.41. The van der Waals surface area contributed by atoms with Crippen molar-refractivity contribution in [2.45, 2.75) is 0 Å². The van der Waals surface area contributed by atoms with Gasteiger partial charge in [-0.25, -0.2) is 9.67 Å². The minimum Gasteiger partial charge on any atom is -0.343 e. The highest BCUT2D eigenvalue weighted by Crippen LogP contribution is 2.18. The summed E-state index contributed by atoms with van der Waals surface area (Å²) in [5.41, 5.74) is 0.413. The van der Waals surface area contributed by atoms with Crippen LogP contribution in [0.25, 0.3) is 5.13 Å². The van der Waals surface area contributed by atoms with Gasteiger partial charge >= 0.3 is 0 Å². The van der Waals surface area contributed by atoms with Crippen molar-refractivity contribution in [1.29, 1.82) is 0 Å². The molecule has 16 heavy (non-hydrogen) atoms. The Bertz CT molecular complexity index is 519. The summed E-state index contributed by atoms with van der Waals surface area (Å²) >= 11 is 4.73. The van der Waals surface area contributed by atoms with E-state index in [0.717, 1.165) is 9.73 Å². The van der Waals surface area contributed by atoms with Crippen molar-refractivity contribution >= 4 is 33.2 Å². The van der Waals surface area contributed by atoms with Crippen molar-refractivity contribution < 1.29 is 4.79 Å². The van der Waals surface area contributed by atoms with E-state index in [1.807, 2.05) is 5.38 Å². The van der Waals surface area contributed by atoms with Crippen LogP contribution in [0.1, 0.15) is 10.5 Å². The molecular weight excluding hydrogens is 292 g/mol. The highest BCUT2D eigenvalue weighted by molar-refractivity contribution is 9.10. The van der Waals surface area contributed by atoms with Crippen LogP contribution in [0.15, 0.2) is 22.2 Å². The Balaban J connectivity index is 2.29. The minimum absolute atomic E-state index is 0.116. The van der Waals surface area contributed by atoms with Gasteiger partial charge in [0.25, 0.3) is 5.91 Å². The molecule has 0 saturated heterocycles. The van der Waals surface area contributed by atoms with Gasteiger partial charge in [0.05, 0.1) is 0 Å². The molecule has 2 aromatic rings. The van der Waals surface area contributed by atoms with Crippen molar-refractivity contribution in [3.8, 4) is 5.13 Å². The Morgan fingerprint density at radius 3 is 2.88 bits per heavy atom. The van der Waals surface area contributed by atoms with Crippen LogP contribution >= 0.6 is 27.3 Å². The predicted octanol–water partition coefficient (Wildman–Crippen LogP) is 1.79. The zero-order valence-electron chi connectivity index (χ0n) is 8.72. The van der Waals surface area contributed by atoms with Gasteiger partial charge in [0.2, 0.25) is 5.13 Å². The van der Waals surface area contributed by atoms with E-state index in [9.17, 15) is 4.79 Å². The Morgan fingerprint density at radius 1 is 1.56 bits per heavy atom. The Labute approximate surface area is 105 Å². The maximum atomic E-state index is 11.6. The first-order chi connectivity index (χ1) is 7.58. The Hall–Kier alpha value is -1.21. The summed E-state index contributed by atoms with van der Waals surface area (Å²) in [4.78, 5) is 17.3. The molecule has 2 heterocycles. The van der Waals surface area contributed by atoms with Gasteiger partial charge in [-0.2, -0.15) is 5.10 Å². The highest BCUT2D eigenvalue weighted by atomic mass is 79.9. The van der Waals surface area contributed by atoms with Crippen LogP contribution in [-0.2, 0) is 0 Å². The summed E-state index contributed by atoms with van der Waals surface area (Å²) in [7, 11) is 3.39. The molecular formula is C9H9BrN4OS. The fourth-order valence-electron chi connectivity index (χ4n) is 1.12. The van der Waals surface area contributed by atoms with E-state index in [2.05, 4.69) is 26.0 Å². The fourth-order valence-corrected chi connectivity index (χ4v) is 2.31. The number of amides is 1. The number of halogens is 1. The number of nitrogens with zero attached hydrogens (tertiary/aromatic N) is 4. The summed E-state index contributed by atoms with van der Waals surface area (Å²) in [6.07, 6.45) is 1.72. The van der Waals surface area contributed by atoms with Crippen molar-refractivity contribution in [3.63, 3.8) is 0 Å². The van der Waals surface area contributed by atoms with Crippen LogP contribution < -0.4 is 0 Å². The molecule has 2 aromatic heterocycles. The Kier molecular flexibility index (Phi) is 3.06. The van der Waals surface area contributed by atoms with Gasteiger partial charge < -0.3 is 4.90 Å². The lowest BCUT2D eigenvalue weighted by Gasteiger charge is -2.06. The SMILES string of the molecule is CN(C)C(=O)c1ccn(-c2nc(Br)cs2)n1. The quantitative estimate of drug-likeness (QED) is 0.850. The van der Waals surface area contributed by atoms with Crippen LogP contribution in [-0.4, -0.2) is 39.7 Å². The number of hydrogen-bond acceptors (Lipinski definition) is 4. The molecule has 7 heteroatoms. The summed E-state index contributed by atoms with van der Waals surface area (Å²) in [6.45, 7) is 0. The lowest BCUT2D eigenvalue weighted by Crippen LogP contribution is -2.22. The van der Waals surface area contributed by atoms with Gasteiger partial charge in [-0.05, 0) is 22.0 Å².